The molecule has 116 valence electrons. The van der Waals surface area contributed by atoms with Gasteiger partial charge in [0.2, 0.25) is 5.91 Å². The van der Waals surface area contributed by atoms with Gasteiger partial charge >= 0.3 is 0 Å². The fraction of sp³-hybridized carbons (Fsp3) is 0.438. The largest absolute Gasteiger partial charge is 0.341 e. The third kappa shape index (κ3) is 3.25. The number of nitrogens with zero attached hydrogens (tertiary/aromatic N) is 3. The van der Waals surface area contributed by atoms with E-state index in [0.717, 1.165) is 0 Å². The Kier molecular flexibility index (Phi) is 5.45. The normalized spacial score (nSPS) is 17.1. The number of thioether (sulfide) groups is 1. The first kappa shape index (κ1) is 16.4. The molecule has 0 bridgehead atoms. The molecular weight excluding hydrogens is 298 g/mol. The van der Waals surface area contributed by atoms with E-state index in [0.29, 0.717) is 35.8 Å². The fourth-order valence-corrected chi connectivity index (χ4v) is 3.59. The van der Waals surface area contributed by atoms with Crippen LogP contribution in [0.4, 0.5) is 0 Å². The molecule has 2 rings (SSSR count). The average molecular weight is 317 g/mol. The summed E-state index contributed by atoms with van der Waals surface area (Å²) < 4.78 is 0. The van der Waals surface area contributed by atoms with Gasteiger partial charge in [-0.25, -0.2) is 0 Å². The summed E-state index contributed by atoms with van der Waals surface area (Å²) in [7, 11) is 0. The number of benzene rings is 1. The van der Waals surface area contributed by atoms with Crippen LogP contribution in [0.25, 0.3) is 0 Å². The van der Waals surface area contributed by atoms with Crippen LogP contribution in [-0.2, 0) is 4.79 Å². The molecule has 0 spiro atoms. The van der Waals surface area contributed by atoms with Crippen molar-refractivity contribution in [3.05, 3.63) is 35.4 Å². The maximum absolute atomic E-state index is 12.6. The van der Waals surface area contributed by atoms with Crippen molar-refractivity contribution in [3.63, 3.8) is 0 Å². The smallest absolute Gasteiger partial charge is 0.255 e. The van der Waals surface area contributed by atoms with Crippen molar-refractivity contribution in [1.29, 1.82) is 5.26 Å². The van der Waals surface area contributed by atoms with Crippen LogP contribution in [0.2, 0.25) is 0 Å². The lowest BCUT2D eigenvalue weighted by Crippen LogP contribution is -2.48. The lowest BCUT2D eigenvalue weighted by molar-refractivity contribution is -0.134. The Bertz CT molecular complexity index is 590. The van der Waals surface area contributed by atoms with Gasteiger partial charge in [0.1, 0.15) is 6.04 Å². The quantitative estimate of drug-likeness (QED) is 0.851. The summed E-state index contributed by atoms with van der Waals surface area (Å²) >= 11 is 1.59. The highest BCUT2D eigenvalue weighted by Crippen LogP contribution is 2.24. The molecule has 6 heteroatoms. The van der Waals surface area contributed by atoms with E-state index in [1.807, 2.05) is 19.9 Å². The van der Waals surface area contributed by atoms with Gasteiger partial charge in [0.05, 0.1) is 17.5 Å². The first-order chi connectivity index (χ1) is 10.6. The molecule has 0 N–H and O–H groups in total. The van der Waals surface area contributed by atoms with Crippen molar-refractivity contribution in [1.82, 2.24) is 9.80 Å². The van der Waals surface area contributed by atoms with Crippen LogP contribution in [0.3, 0.4) is 0 Å². The Morgan fingerprint density at radius 1 is 1.32 bits per heavy atom. The van der Waals surface area contributed by atoms with Crippen molar-refractivity contribution < 1.29 is 9.59 Å². The number of carbonyl (C=O) groups excluding carboxylic acids is 2. The van der Waals surface area contributed by atoms with Crippen LogP contribution in [0.15, 0.2) is 24.3 Å². The van der Waals surface area contributed by atoms with E-state index in [-0.39, 0.29) is 11.8 Å². The molecule has 5 nitrogen and oxygen atoms in total. The predicted octanol–water partition coefficient (Wildman–Crippen LogP) is 1.94. The number of nitriles is 1. The van der Waals surface area contributed by atoms with Crippen LogP contribution in [-0.4, -0.2) is 52.4 Å². The minimum absolute atomic E-state index is 0.0111. The number of likely N-dealkylation sites (N-methyl/N-ethyl adjacent to an activating group) is 1. The van der Waals surface area contributed by atoms with E-state index in [2.05, 4.69) is 0 Å². The van der Waals surface area contributed by atoms with Crippen molar-refractivity contribution in [2.45, 2.75) is 19.9 Å². The first-order valence-electron chi connectivity index (χ1n) is 7.30. The van der Waals surface area contributed by atoms with Crippen molar-refractivity contribution in [3.8, 4) is 6.07 Å². The Labute approximate surface area is 134 Å². The topological polar surface area (TPSA) is 64.4 Å². The zero-order valence-electron chi connectivity index (χ0n) is 12.8. The molecule has 1 atom stereocenters. The van der Waals surface area contributed by atoms with Gasteiger partial charge in [0.25, 0.3) is 5.91 Å². The molecular formula is C16H19N3O2S. The van der Waals surface area contributed by atoms with Crippen molar-refractivity contribution in [2.24, 2.45) is 0 Å². The summed E-state index contributed by atoms with van der Waals surface area (Å²) in [5.41, 5.74) is 1.03. The molecule has 0 saturated carbocycles. The van der Waals surface area contributed by atoms with Gasteiger partial charge < -0.3 is 9.80 Å². The monoisotopic (exact) mass is 317 g/mol. The van der Waals surface area contributed by atoms with E-state index in [4.69, 9.17) is 5.26 Å². The van der Waals surface area contributed by atoms with Crippen LogP contribution < -0.4 is 0 Å². The highest BCUT2D eigenvalue weighted by Gasteiger charge is 2.36. The van der Waals surface area contributed by atoms with Crippen molar-refractivity contribution >= 4 is 23.6 Å². The Hall–Kier alpha value is -2.00. The molecule has 1 saturated heterocycles. The molecule has 0 aromatic heterocycles. The second kappa shape index (κ2) is 7.32. The van der Waals surface area contributed by atoms with E-state index in [9.17, 15) is 9.59 Å². The summed E-state index contributed by atoms with van der Waals surface area (Å²) in [6.45, 7) is 5.18. The predicted molar refractivity (Wildman–Crippen MR) is 86.4 cm³/mol. The van der Waals surface area contributed by atoms with E-state index < -0.39 is 6.04 Å². The molecule has 1 aromatic rings. The minimum Gasteiger partial charge on any atom is -0.341 e. The zero-order valence-corrected chi connectivity index (χ0v) is 13.6. The second-order valence-electron chi connectivity index (χ2n) is 4.99. The summed E-state index contributed by atoms with van der Waals surface area (Å²) in [5, 5.41) is 8.81. The fourth-order valence-electron chi connectivity index (χ4n) is 2.45. The van der Waals surface area contributed by atoms with Crippen LogP contribution in [0, 0.1) is 11.3 Å². The Balaban J connectivity index is 2.17. The van der Waals surface area contributed by atoms with Crippen LogP contribution >= 0.6 is 11.8 Å². The maximum Gasteiger partial charge on any atom is 0.255 e. The highest BCUT2D eigenvalue weighted by molar-refractivity contribution is 7.99. The first-order valence-corrected chi connectivity index (χ1v) is 8.45. The van der Waals surface area contributed by atoms with E-state index in [1.165, 1.54) is 0 Å². The van der Waals surface area contributed by atoms with Crippen molar-refractivity contribution in [2.75, 3.05) is 24.7 Å². The number of hydrogen-bond acceptors (Lipinski definition) is 4. The van der Waals surface area contributed by atoms with Gasteiger partial charge in [-0.1, -0.05) is 0 Å². The van der Waals surface area contributed by atoms with Gasteiger partial charge in [-0.15, -0.1) is 11.8 Å². The molecule has 1 heterocycles. The number of hydrogen-bond donors (Lipinski definition) is 0. The van der Waals surface area contributed by atoms with E-state index in [1.54, 1.807) is 45.8 Å². The average Bonchev–Trinajstić information content (AvgIpc) is 3.04. The summed E-state index contributed by atoms with van der Waals surface area (Å²) in [6.07, 6.45) is 0. The summed E-state index contributed by atoms with van der Waals surface area (Å²) in [5.74, 6) is 1.02. The lowest BCUT2D eigenvalue weighted by Gasteiger charge is -2.28. The number of carbonyl (C=O) groups is 2. The Morgan fingerprint density at radius 2 is 1.95 bits per heavy atom. The van der Waals surface area contributed by atoms with E-state index >= 15 is 0 Å². The van der Waals surface area contributed by atoms with Crippen LogP contribution in [0.5, 0.6) is 0 Å². The molecule has 0 radical (unpaired) electrons. The maximum atomic E-state index is 12.6. The number of rotatable bonds is 4. The minimum atomic E-state index is -0.395. The number of amides is 2. The third-order valence-corrected chi connectivity index (χ3v) is 4.78. The van der Waals surface area contributed by atoms with Gasteiger partial charge in [0.15, 0.2) is 0 Å². The molecule has 1 aliphatic rings. The summed E-state index contributed by atoms with van der Waals surface area (Å²) in [4.78, 5) is 28.5. The molecule has 1 aliphatic heterocycles. The SMILES string of the molecule is CCN(CC)C(=O)C1CSCN1C(=O)c1ccc(C#N)cc1. The molecule has 1 aromatic carbocycles. The highest BCUT2D eigenvalue weighted by atomic mass is 32.2. The molecule has 0 aliphatic carbocycles. The third-order valence-electron chi connectivity index (χ3n) is 3.76. The standard InChI is InChI=1S/C16H19N3O2S/c1-3-18(4-2)16(21)14-10-22-11-19(14)15(20)13-7-5-12(9-17)6-8-13/h5-8,14H,3-4,10-11H2,1-2H3. The lowest BCUT2D eigenvalue weighted by atomic mass is 10.1. The molecule has 1 fully saturated rings. The van der Waals surface area contributed by atoms with Gasteiger partial charge in [-0.3, -0.25) is 9.59 Å². The zero-order chi connectivity index (χ0) is 16.1. The second-order valence-corrected chi connectivity index (χ2v) is 5.99. The van der Waals surface area contributed by atoms with Gasteiger partial charge in [0, 0.05) is 24.4 Å². The molecule has 2 amide bonds. The van der Waals surface area contributed by atoms with Gasteiger partial charge in [-0.05, 0) is 38.1 Å². The molecule has 22 heavy (non-hydrogen) atoms. The Morgan fingerprint density at radius 3 is 2.50 bits per heavy atom. The molecule has 1 unspecified atom stereocenters. The van der Waals surface area contributed by atoms with Crippen LogP contribution in [0.1, 0.15) is 29.8 Å². The summed E-state index contributed by atoms with van der Waals surface area (Å²) in [6, 6.07) is 8.16. The van der Waals surface area contributed by atoms with Gasteiger partial charge in [-0.2, -0.15) is 5.26 Å².